The van der Waals surface area contributed by atoms with Gasteiger partial charge in [-0.1, -0.05) is 53.2 Å². The minimum absolute atomic E-state index is 0.0319. The standard InChI is InChI=1S/C30H46O5/c1-17-10-13-30(24(33)34)15-14-27(5)18(22(30)29(17,7)35)8-9-21-26(4)16-19(31)23(32)25(2,3)20(26)11-12-28(21,27)6/h8,17,20-23,32,35H,9-16H2,1-7H3,(H,33,34)/t17-,20?,21-,22-,23+,26+,27-,28-,29-,30+/m1/s1. The van der Waals surface area contributed by atoms with Crippen LogP contribution in [0.1, 0.15) is 99.8 Å². The summed E-state index contributed by atoms with van der Waals surface area (Å²) in [5.41, 5.74) is -1.78. The minimum atomic E-state index is -1.07. The Morgan fingerprint density at radius 3 is 2.26 bits per heavy atom. The molecule has 196 valence electrons. The highest BCUT2D eigenvalue weighted by molar-refractivity contribution is 5.85. The van der Waals surface area contributed by atoms with Gasteiger partial charge in [-0.15, -0.1) is 0 Å². The number of carboxylic acids is 1. The molecule has 0 amide bonds. The summed E-state index contributed by atoms with van der Waals surface area (Å²) in [6.45, 7) is 15.1. The van der Waals surface area contributed by atoms with Crippen molar-refractivity contribution in [2.24, 2.45) is 50.7 Å². The number of carbonyl (C=O) groups is 2. The predicted octanol–water partition coefficient (Wildman–Crippen LogP) is 5.38. The normalized spacial score (nSPS) is 55.1. The van der Waals surface area contributed by atoms with Crippen LogP contribution in [0.2, 0.25) is 0 Å². The molecule has 0 radical (unpaired) electrons. The molecular formula is C30H46O5. The van der Waals surface area contributed by atoms with Gasteiger partial charge in [-0.25, -0.2) is 0 Å². The zero-order chi connectivity index (χ0) is 26.0. The third-order valence-electron chi connectivity index (χ3n) is 13.2. The highest BCUT2D eigenvalue weighted by atomic mass is 16.4. The van der Waals surface area contributed by atoms with Gasteiger partial charge in [0.1, 0.15) is 6.10 Å². The number of ketones is 1. The van der Waals surface area contributed by atoms with Gasteiger partial charge in [-0.3, -0.25) is 9.59 Å². The SMILES string of the molecule is C[C@@H]1CC[C@]2(C(=O)O)CC[C@]3(C)C(=CC[C@@H]4[C@@]5(C)CC(=O)[C@H](O)C(C)(C)C5CC[C@]43C)[C@@H]2[C@]1(C)O. The second kappa shape index (κ2) is 7.22. The van der Waals surface area contributed by atoms with Gasteiger partial charge in [0.25, 0.3) is 0 Å². The molecule has 0 aliphatic heterocycles. The number of carbonyl (C=O) groups excluding carboxylic acids is 1. The average molecular weight is 487 g/mol. The third kappa shape index (κ3) is 2.83. The van der Waals surface area contributed by atoms with E-state index >= 15 is 0 Å². The first kappa shape index (κ1) is 25.4. The lowest BCUT2D eigenvalue weighted by atomic mass is 9.33. The number of fused-ring (bicyclic) bond motifs is 7. The number of carboxylic acid groups (broad SMARTS) is 1. The lowest BCUT2D eigenvalue weighted by Gasteiger charge is -2.71. The van der Waals surface area contributed by atoms with E-state index in [-0.39, 0.29) is 45.7 Å². The zero-order valence-corrected chi connectivity index (χ0v) is 22.8. The molecule has 0 bridgehead atoms. The van der Waals surface area contributed by atoms with E-state index in [1.165, 1.54) is 5.57 Å². The first-order chi connectivity index (χ1) is 16.0. The van der Waals surface area contributed by atoms with Crippen LogP contribution < -0.4 is 0 Å². The molecular weight excluding hydrogens is 440 g/mol. The van der Waals surface area contributed by atoms with E-state index in [0.717, 1.165) is 32.1 Å². The van der Waals surface area contributed by atoms with Crippen LogP contribution in [0.15, 0.2) is 11.6 Å². The quantitative estimate of drug-likeness (QED) is 0.432. The Hall–Kier alpha value is -1.20. The smallest absolute Gasteiger partial charge is 0.310 e. The van der Waals surface area contributed by atoms with E-state index in [1.54, 1.807) is 0 Å². The van der Waals surface area contributed by atoms with E-state index in [1.807, 2.05) is 6.92 Å². The minimum Gasteiger partial charge on any atom is -0.481 e. The van der Waals surface area contributed by atoms with Gasteiger partial charge in [-0.05, 0) is 85.9 Å². The molecule has 0 heterocycles. The molecule has 5 aliphatic carbocycles. The second-order valence-electron chi connectivity index (χ2n) is 14.7. The molecule has 0 aromatic heterocycles. The Morgan fingerprint density at radius 2 is 1.63 bits per heavy atom. The van der Waals surface area contributed by atoms with Crippen molar-refractivity contribution >= 4 is 11.8 Å². The predicted molar refractivity (Wildman–Crippen MR) is 134 cm³/mol. The van der Waals surface area contributed by atoms with Crippen molar-refractivity contribution in [2.45, 2.75) is 112 Å². The maximum Gasteiger partial charge on any atom is 0.310 e. The van der Waals surface area contributed by atoms with Crippen LogP contribution in [0, 0.1) is 50.7 Å². The average Bonchev–Trinajstić information content (AvgIpc) is 2.75. The lowest BCUT2D eigenvalue weighted by molar-refractivity contribution is -0.215. The molecule has 0 aromatic rings. The molecule has 0 saturated heterocycles. The van der Waals surface area contributed by atoms with Gasteiger partial charge in [0.2, 0.25) is 0 Å². The zero-order valence-electron chi connectivity index (χ0n) is 22.8. The molecule has 0 spiro atoms. The van der Waals surface area contributed by atoms with Gasteiger partial charge in [0, 0.05) is 17.8 Å². The van der Waals surface area contributed by atoms with Crippen LogP contribution in [0.5, 0.6) is 0 Å². The van der Waals surface area contributed by atoms with Crippen LogP contribution in [0.4, 0.5) is 0 Å². The number of rotatable bonds is 1. The largest absolute Gasteiger partial charge is 0.481 e. The molecule has 3 N–H and O–H groups in total. The Morgan fingerprint density at radius 1 is 0.971 bits per heavy atom. The van der Waals surface area contributed by atoms with Crippen LogP contribution in [0.25, 0.3) is 0 Å². The summed E-state index contributed by atoms with van der Waals surface area (Å²) >= 11 is 0. The summed E-state index contributed by atoms with van der Waals surface area (Å²) < 4.78 is 0. The maximum atomic E-state index is 13.1. The van der Waals surface area contributed by atoms with E-state index in [2.05, 4.69) is 47.6 Å². The topological polar surface area (TPSA) is 94.8 Å². The number of aliphatic carboxylic acids is 1. The van der Waals surface area contributed by atoms with Gasteiger partial charge in [-0.2, -0.15) is 0 Å². The van der Waals surface area contributed by atoms with Crippen LogP contribution in [0.3, 0.4) is 0 Å². The maximum absolute atomic E-state index is 13.1. The fourth-order valence-electron chi connectivity index (χ4n) is 10.8. The van der Waals surface area contributed by atoms with E-state index in [9.17, 15) is 24.9 Å². The van der Waals surface area contributed by atoms with E-state index in [4.69, 9.17) is 0 Å². The number of hydrogen-bond donors (Lipinski definition) is 3. The van der Waals surface area contributed by atoms with Crippen LogP contribution >= 0.6 is 0 Å². The van der Waals surface area contributed by atoms with Crippen molar-refractivity contribution < 1.29 is 24.9 Å². The first-order valence-electron chi connectivity index (χ1n) is 13.9. The van der Waals surface area contributed by atoms with E-state index < -0.39 is 28.5 Å². The van der Waals surface area contributed by atoms with Gasteiger partial charge in [0.15, 0.2) is 5.78 Å². The van der Waals surface area contributed by atoms with Crippen molar-refractivity contribution in [3.05, 3.63) is 11.6 Å². The van der Waals surface area contributed by atoms with Crippen molar-refractivity contribution in [2.75, 3.05) is 0 Å². The molecule has 4 fully saturated rings. The molecule has 5 rings (SSSR count). The van der Waals surface area contributed by atoms with Gasteiger partial charge < -0.3 is 15.3 Å². The van der Waals surface area contributed by atoms with Crippen molar-refractivity contribution in [3.8, 4) is 0 Å². The summed E-state index contributed by atoms with van der Waals surface area (Å²) in [6, 6.07) is 0. The number of Topliss-reactive ketones (excluding diaryl/α,β-unsaturated/α-hetero) is 1. The van der Waals surface area contributed by atoms with Gasteiger partial charge in [0.05, 0.1) is 11.0 Å². The Bertz CT molecular complexity index is 995. The number of allylic oxidation sites excluding steroid dienone is 1. The Kier molecular flexibility index (Phi) is 5.25. The van der Waals surface area contributed by atoms with Crippen molar-refractivity contribution in [1.82, 2.24) is 0 Å². The van der Waals surface area contributed by atoms with E-state index in [0.29, 0.717) is 19.3 Å². The molecule has 0 aromatic carbocycles. The number of hydrogen-bond acceptors (Lipinski definition) is 4. The lowest BCUT2D eigenvalue weighted by Crippen LogP contribution is -2.68. The van der Waals surface area contributed by atoms with Crippen LogP contribution in [-0.4, -0.2) is 38.8 Å². The van der Waals surface area contributed by atoms with Gasteiger partial charge >= 0.3 is 5.97 Å². The molecule has 5 nitrogen and oxygen atoms in total. The highest BCUT2D eigenvalue weighted by Gasteiger charge is 2.71. The summed E-state index contributed by atoms with van der Waals surface area (Å²) in [5, 5.41) is 33.2. The molecule has 4 saturated carbocycles. The Labute approximate surface area is 210 Å². The molecule has 5 aliphatic rings. The fourth-order valence-corrected chi connectivity index (χ4v) is 10.8. The number of aliphatic hydroxyl groups is 2. The summed E-state index contributed by atoms with van der Waals surface area (Å²) in [7, 11) is 0. The van der Waals surface area contributed by atoms with Crippen molar-refractivity contribution in [1.29, 1.82) is 0 Å². The fraction of sp³-hybridized carbons (Fsp3) is 0.867. The second-order valence-corrected chi connectivity index (χ2v) is 14.7. The molecule has 1 unspecified atom stereocenters. The van der Waals surface area contributed by atoms with Crippen LogP contribution in [-0.2, 0) is 9.59 Å². The first-order valence-corrected chi connectivity index (χ1v) is 13.9. The Balaban J connectivity index is 1.65. The molecule has 5 heteroatoms. The summed E-state index contributed by atoms with van der Waals surface area (Å²) in [6.07, 6.45) is 7.35. The molecule has 35 heavy (non-hydrogen) atoms. The monoisotopic (exact) mass is 486 g/mol. The highest BCUT2D eigenvalue weighted by Crippen LogP contribution is 2.75. The summed E-state index contributed by atoms with van der Waals surface area (Å²) in [4.78, 5) is 25.9. The molecule has 10 atom stereocenters. The van der Waals surface area contributed by atoms with Crippen molar-refractivity contribution in [3.63, 3.8) is 0 Å². The summed E-state index contributed by atoms with van der Waals surface area (Å²) in [5.74, 6) is -0.588. The third-order valence-corrected chi connectivity index (χ3v) is 13.2. The number of aliphatic hydroxyl groups excluding tert-OH is 1.